The van der Waals surface area contributed by atoms with Gasteiger partial charge in [-0.3, -0.25) is 9.48 Å². The molecule has 112 valence electrons. The predicted octanol–water partition coefficient (Wildman–Crippen LogP) is 2.21. The quantitative estimate of drug-likeness (QED) is 0.919. The van der Waals surface area contributed by atoms with Crippen LogP contribution in [0.3, 0.4) is 0 Å². The number of benzene rings is 1. The SMILES string of the molecule is O=C(CCn1cncn1)Nc1ccccc1OC(F)(F)F. The number of nitrogens with one attached hydrogen (secondary N) is 1. The maximum atomic E-state index is 12.2. The molecule has 21 heavy (non-hydrogen) atoms. The maximum Gasteiger partial charge on any atom is 0.573 e. The number of halogens is 3. The fourth-order valence-corrected chi connectivity index (χ4v) is 1.56. The number of alkyl halides is 3. The molecule has 2 rings (SSSR count). The monoisotopic (exact) mass is 300 g/mol. The van der Waals surface area contributed by atoms with Gasteiger partial charge in [-0.15, -0.1) is 13.2 Å². The topological polar surface area (TPSA) is 69.0 Å². The molecule has 1 N–H and O–H groups in total. The van der Waals surface area contributed by atoms with E-state index in [1.165, 1.54) is 35.5 Å². The van der Waals surface area contributed by atoms with Crippen LogP contribution in [0.5, 0.6) is 5.75 Å². The first kappa shape index (κ1) is 14.8. The Balaban J connectivity index is 1.97. The van der Waals surface area contributed by atoms with Gasteiger partial charge in [0.25, 0.3) is 0 Å². The molecule has 1 heterocycles. The zero-order chi connectivity index (χ0) is 15.3. The minimum atomic E-state index is -4.82. The molecule has 0 aliphatic carbocycles. The highest BCUT2D eigenvalue weighted by atomic mass is 19.4. The second-order valence-corrected chi connectivity index (χ2v) is 4.00. The molecule has 1 aromatic heterocycles. The second-order valence-electron chi connectivity index (χ2n) is 4.00. The lowest BCUT2D eigenvalue weighted by atomic mass is 10.3. The Morgan fingerprint density at radius 2 is 2.10 bits per heavy atom. The minimum Gasteiger partial charge on any atom is -0.404 e. The van der Waals surface area contributed by atoms with Gasteiger partial charge in [-0.05, 0) is 12.1 Å². The minimum absolute atomic E-state index is 0.0431. The Morgan fingerprint density at radius 3 is 2.76 bits per heavy atom. The summed E-state index contributed by atoms with van der Waals surface area (Å²) in [6, 6.07) is 5.33. The van der Waals surface area contributed by atoms with Crippen LogP contribution in [0.15, 0.2) is 36.9 Å². The van der Waals surface area contributed by atoms with Gasteiger partial charge < -0.3 is 10.1 Å². The molecule has 0 spiro atoms. The van der Waals surface area contributed by atoms with E-state index in [9.17, 15) is 18.0 Å². The standard InChI is InChI=1S/C12H11F3N4O2/c13-12(14,15)21-10-4-2-1-3-9(10)18-11(20)5-6-19-8-16-7-17-19/h1-4,7-8H,5-6H2,(H,18,20). The van der Waals surface area contributed by atoms with Crippen molar-refractivity contribution in [3.8, 4) is 5.75 Å². The first-order valence-electron chi connectivity index (χ1n) is 5.91. The van der Waals surface area contributed by atoms with Gasteiger partial charge >= 0.3 is 6.36 Å². The van der Waals surface area contributed by atoms with E-state index in [0.717, 1.165) is 6.07 Å². The molecule has 0 saturated heterocycles. The van der Waals surface area contributed by atoms with E-state index in [1.54, 1.807) is 0 Å². The Labute approximate surface area is 117 Å². The number of anilines is 1. The van der Waals surface area contributed by atoms with E-state index in [2.05, 4.69) is 20.1 Å². The number of aromatic nitrogens is 3. The van der Waals surface area contributed by atoms with Crippen LogP contribution in [-0.2, 0) is 11.3 Å². The summed E-state index contributed by atoms with van der Waals surface area (Å²) in [6.07, 6.45) is -2.01. The van der Waals surface area contributed by atoms with E-state index in [0.29, 0.717) is 0 Å². The Morgan fingerprint density at radius 1 is 1.33 bits per heavy atom. The number of amides is 1. The third kappa shape index (κ3) is 4.79. The van der Waals surface area contributed by atoms with Gasteiger partial charge in [0.15, 0.2) is 5.75 Å². The van der Waals surface area contributed by atoms with Crippen molar-refractivity contribution in [3.05, 3.63) is 36.9 Å². The van der Waals surface area contributed by atoms with Crippen LogP contribution in [-0.4, -0.2) is 27.0 Å². The van der Waals surface area contributed by atoms with Gasteiger partial charge in [-0.2, -0.15) is 5.10 Å². The number of nitrogens with zero attached hydrogens (tertiary/aromatic N) is 3. The highest BCUT2D eigenvalue weighted by molar-refractivity contribution is 5.92. The first-order chi connectivity index (χ1) is 9.94. The van der Waals surface area contributed by atoms with E-state index in [1.807, 2.05) is 0 Å². The van der Waals surface area contributed by atoms with Crippen molar-refractivity contribution in [2.75, 3.05) is 5.32 Å². The van der Waals surface area contributed by atoms with Crippen LogP contribution < -0.4 is 10.1 Å². The summed E-state index contributed by atoms with van der Waals surface area (Å²) in [4.78, 5) is 15.4. The second kappa shape index (κ2) is 6.25. The molecule has 2 aromatic rings. The Bertz CT molecular complexity index is 599. The normalized spacial score (nSPS) is 11.2. The van der Waals surface area contributed by atoms with E-state index in [-0.39, 0.29) is 18.7 Å². The van der Waals surface area contributed by atoms with Crippen LogP contribution >= 0.6 is 0 Å². The number of carbonyl (C=O) groups excluding carboxylic acids is 1. The summed E-state index contributed by atoms with van der Waals surface area (Å²) in [5, 5.41) is 6.18. The number of ether oxygens (including phenoxy) is 1. The Hall–Kier alpha value is -2.58. The number of rotatable bonds is 5. The Kier molecular flexibility index (Phi) is 4.41. The van der Waals surface area contributed by atoms with Crippen molar-refractivity contribution in [3.63, 3.8) is 0 Å². The average Bonchev–Trinajstić information content (AvgIpc) is 2.90. The lowest BCUT2D eigenvalue weighted by Gasteiger charge is -2.13. The molecule has 1 amide bonds. The maximum absolute atomic E-state index is 12.2. The molecule has 0 fully saturated rings. The lowest BCUT2D eigenvalue weighted by molar-refractivity contribution is -0.274. The number of hydrogen-bond donors (Lipinski definition) is 1. The number of carbonyl (C=O) groups is 1. The van der Waals surface area contributed by atoms with Gasteiger partial charge in [0, 0.05) is 6.42 Å². The van der Waals surface area contributed by atoms with Crippen molar-refractivity contribution in [1.82, 2.24) is 14.8 Å². The summed E-state index contributed by atoms with van der Waals surface area (Å²) < 4.78 is 42.0. The van der Waals surface area contributed by atoms with Gasteiger partial charge in [0.05, 0.1) is 12.2 Å². The smallest absolute Gasteiger partial charge is 0.404 e. The van der Waals surface area contributed by atoms with E-state index < -0.39 is 18.0 Å². The molecule has 9 heteroatoms. The van der Waals surface area contributed by atoms with Gasteiger partial charge in [-0.1, -0.05) is 12.1 Å². The highest BCUT2D eigenvalue weighted by Crippen LogP contribution is 2.29. The predicted molar refractivity (Wildman–Crippen MR) is 66.4 cm³/mol. The molecule has 0 atom stereocenters. The molecule has 0 radical (unpaired) electrons. The van der Waals surface area contributed by atoms with Crippen LogP contribution in [0.1, 0.15) is 6.42 Å². The van der Waals surface area contributed by atoms with Crippen molar-refractivity contribution in [2.24, 2.45) is 0 Å². The molecular weight excluding hydrogens is 289 g/mol. The van der Waals surface area contributed by atoms with E-state index in [4.69, 9.17) is 0 Å². The molecule has 0 bridgehead atoms. The van der Waals surface area contributed by atoms with Gasteiger partial charge in [-0.25, -0.2) is 4.98 Å². The molecule has 0 saturated carbocycles. The lowest BCUT2D eigenvalue weighted by Crippen LogP contribution is -2.20. The summed E-state index contributed by atoms with van der Waals surface area (Å²) in [5.74, 6) is -0.914. The average molecular weight is 300 g/mol. The van der Waals surface area contributed by atoms with Crippen molar-refractivity contribution in [1.29, 1.82) is 0 Å². The van der Waals surface area contributed by atoms with E-state index >= 15 is 0 Å². The third-order valence-corrected chi connectivity index (χ3v) is 2.42. The van der Waals surface area contributed by atoms with Crippen LogP contribution in [0.4, 0.5) is 18.9 Å². The van der Waals surface area contributed by atoms with Crippen LogP contribution in [0.2, 0.25) is 0 Å². The number of aryl methyl sites for hydroxylation is 1. The molecule has 6 nitrogen and oxygen atoms in total. The van der Waals surface area contributed by atoms with Crippen LogP contribution in [0.25, 0.3) is 0 Å². The van der Waals surface area contributed by atoms with Crippen molar-refractivity contribution >= 4 is 11.6 Å². The zero-order valence-electron chi connectivity index (χ0n) is 10.7. The fourth-order valence-electron chi connectivity index (χ4n) is 1.56. The third-order valence-electron chi connectivity index (χ3n) is 2.42. The molecular formula is C12H11F3N4O2. The fraction of sp³-hybridized carbons (Fsp3) is 0.250. The summed E-state index contributed by atoms with van der Waals surface area (Å²) in [5.41, 5.74) is -0.0431. The largest absolute Gasteiger partial charge is 0.573 e. The molecule has 1 aromatic carbocycles. The molecule has 0 aliphatic heterocycles. The summed E-state index contributed by atoms with van der Waals surface area (Å²) in [7, 11) is 0. The molecule has 0 unspecified atom stereocenters. The van der Waals surface area contributed by atoms with Gasteiger partial charge in [0.2, 0.25) is 5.91 Å². The van der Waals surface area contributed by atoms with Crippen molar-refractivity contribution < 1.29 is 22.7 Å². The number of para-hydroxylation sites is 2. The zero-order valence-corrected chi connectivity index (χ0v) is 10.7. The van der Waals surface area contributed by atoms with Crippen LogP contribution in [0, 0.1) is 0 Å². The van der Waals surface area contributed by atoms with Gasteiger partial charge in [0.1, 0.15) is 12.7 Å². The summed E-state index contributed by atoms with van der Waals surface area (Å²) >= 11 is 0. The van der Waals surface area contributed by atoms with Crippen molar-refractivity contribution in [2.45, 2.75) is 19.3 Å². The molecule has 0 aliphatic rings. The summed E-state index contributed by atoms with van der Waals surface area (Å²) in [6.45, 7) is 0.272. The first-order valence-corrected chi connectivity index (χ1v) is 5.91. The highest BCUT2D eigenvalue weighted by Gasteiger charge is 2.32. The number of hydrogen-bond acceptors (Lipinski definition) is 4.